The predicted molar refractivity (Wildman–Crippen MR) is 121 cm³/mol. The van der Waals surface area contributed by atoms with Crippen molar-refractivity contribution in [1.82, 2.24) is 4.98 Å². The van der Waals surface area contributed by atoms with Gasteiger partial charge in [0.25, 0.3) is 0 Å². The van der Waals surface area contributed by atoms with Crippen LogP contribution in [0.4, 0.5) is 0 Å². The Hall–Kier alpha value is -3.07. The molecule has 3 heteroatoms. The fourth-order valence-electron chi connectivity index (χ4n) is 3.81. The highest BCUT2D eigenvalue weighted by molar-refractivity contribution is 5.92. The molecule has 0 aliphatic carbocycles. The van der Waals surface area contributed by atoms with Crippen LogP contribution in [-0.2, 0) is 6.42 Å². The summed E-state index contributed by atoms with van der Waals surface area (Å²) in [5.74, 6) is 0.187. The van der Waals surface area contributed by atoms with Crippen LogP contribution in [0.1, 0.15) is 49.8 Å². The molecule has 0 bridgehead atoms. The summed E-state index contributed by atoms with van der Waals surface area (Å²) in [6.45, 7) is 10.2. The maximum Gasteiger partial charge on any atom is 0.135 e. The second-order valence-corrected chi connectivity index (χ2v) is 7.68. The molecule has 3 aromatic rings. The maximum atomic E-state index is 11.4. The molecule has 3 rings (SSSR count). The Bertz CT molecular complexity index is 1020. The van der Waals surface area contributed by atoms with E-state index in [-0.39, 0.29) is 11.5 Å². The first kappa shape index (κ1) is 20.7. The minimum absolute atomic E-state index is 0.0924. The molecule has 0 unspecified atom stereocenters. The van der Waals surface area contributed by atoms with Gasteiger partial charge in [0.1, 0.15) is 11.5 Å². The zero-order valence-corrected chi connectivity index (χ0v) is 17.5. The van der Waals surface area contributed by atoms with Gasteiger partial charge < -0.3 is 10.2 Å². The molecule has 0 saturated heterocycles. The summed E-state index contributed by atoms with van der Waals surface area (Å²) in [5.41, 5.74) is 6.63. The number of hydrogen-bond donors (Lipinski definition) is 2. The van der Waals surface area contributed by atoms with Crippen LogP contribution in [0.15, 0.2) is 55.4 Å². The van der Waals surface area contributed by atoms with Crippen LogP contribution in [0, 0.1) is 6.92 Å². The average Bonchev–Trinajstić information content (AvgIpc) is 2.68. The summed E-state index contributed by atoms with van der Waals surface area (Å²) < 4.78 is 0. The van der Waals surface area contributed by atoms with E-state index in [2.05, 4.69) is 18.5 Å². The quantitative estimate of drug-likeness (QED) is 0.433. The first-order valence-electron chi connectivity index (χ1n) is 10.2. The second kappa shape index (κ2) is 8.95. The minimum atomic E-state index is 0.0924. The van der Waals surface area contributed by atoms with Gasteiger partial charge in [0.15, 0.2) is 0 Å². The fraction of sp³-hybridized carbons (Fsp3) is 0.269. The van der Waals surface area contributed by atoms with Crippen LogP contribution in [0.3, 0.4) is 0 Å². The molecule has 150 valence electrons. The number of aromatic nitrogens is 1. The number of aryl methyl sites for hydroxylation is 2. The van der Waals surface area contributed by atoms with E-state index in [0.29, 0.717) is 5.56 Å². The van der Waals surface area contributed by atoms with Crippen molar-refractivity contribution in [1.29, 1.82) is 0 Å². The lowest BCUT2D eigenvalue weighted by atomic mass is 9.87. The van der Waals surface area contributed by atoms with Gasteiger partial charge in [-0.25, -0.2) is 0 Å². The number of benzene rings is 2. The van der Waals surface area contributed by atoms with Gasteiger partial charge in [0.2, 0.25) is 0 Å². The second-order valence-electron chi connectivity index (χ2n) is 7.68. The Morgan fingerprint density at radius 3 is 2.52 bits per heavy atom. The standard InChI is InChI=1S/C26H29NO2/c1-5-6-7-9-19-15-23(28)25(22-14-18(4)11-12-21(22)17(2)3)26(29)24(19)20-10-8-13-27-16-20/h8,10-16,28-29H,2,5-7,9H2,1,3-4H3. The third kappa shape index (κ3) is 4.34. The molecular weight excluding hydrogens is 358 g/mol. The summed E-state index contributed by atoms with van der Waals surface area (Å²) in [5, 5.41) is 22.3. The van der Waals surface area contributed by atoms with Gasteiger partial charge in [-0.3, -0.25) is 4.98 Å². The van der Waals surface area contributed by atoms with Crippen LogP contribution in [0.25, 0.3) is 27.8 Å². The molecule has 0 spiro atoms. The van der Waals surface area contributed by atoms with Crippen molar-refractivity contribution >= 4 is 5.57 Å². The van der Waals surface area contributed by atoms with E-state index in [1.165, 1.54) is 0 Å². The van der Waals surface area contributed by atoms with Crippen molar-refractivity contribution in [2.75, 3.05) is 0 Å². The van der Waals surface area contributed by atoms with Crippen LogP contribution >= 0.6 is 0 Å². The van der Waals surface area contributed by atoms with Crippen LogP contribution in [-0.4, -0.2) is 15.2 Å². The minimum Gasteiger partial charge on any atom is -0.507 e. The molecule has 0 amide bonds. The summed E-state index contributed by atoms with van der Waals surface area (Å²) in [7, 11) is 0. The molecule has 2 N–H and O–H groups in total. The number of unbranched alkanes of at least 4 members (excludes halogenated alkanes) is 2. The lowest BCUT2D eigenvalue weighted by Crippen LogP contribution is -1.97. The molecule has 0 aliphatic rings. The Labute approximate surface area is 173 Å². The van der Waals surface area contributed by atoms with Gasteiger partial charge in [-0.2, -0.15) is 0 Å². The molecule has 0 saturated carbocycles. The zero-order valence-electron chi connectivity index (χ0n) is 17.5. The van der Waals surface area contributed by atoms with Gasteiger partial charge in [-0.15, -0.1) is 0 Å². The topological polar surface area (TPSA) is 53.4 Å². The largest absolute Gasteiger partial charge is 0.507 e. The van der Waals surface area contributed by atoms with E-state index in [1.54, 1.807) is 18.5 Å². The molecule has 2 aromatic carbocycles. The van der Waals surface area contributed by atoms with Gasteiger partial charge in [-0.05, 0) is 55.5 Å². The molecule has 0 fully saturated rings. The van der Waals surface area contributed by atoms with E-state index in [1.807, 2.05) is 44.2 Å². The van der Waals surface area contributed by atoms with Gasteiger partial charge in [-0.1, -0.05) is 61.7 Å². The van der Waals surface area contributed by atoms with Crippen LogP contribution in [0.2, 0.25) is 0 Å². The summed E-state index contributed by atoms with van der Waals surface area (Å²) in [4.78, 5) is 4.24. The summed E-state index contributed by atoms with van der Waals surface area (Å²) in [6, 6.07) is 11.6. The normalized spacial score (nSPS) is 10.9. The molecule has 0 radical (unpaired) electrons. The highest BCUT2D eigenvalue weighted by atomic mass is 16.3. The number of allylic oxidation sites excluding steroid dienone is 1. The van der Waals surface area contributed by atoms with Gasteiger partial charge >= 0.3 is 0 Å². The highest BCUT2D eigenvalue weighted by Gasteiger charge is 2.22. The van der Waals surface area contributed by atoms with Crippen molar-refractivity contribution in [2.45, 2.75) is 46.5 Å². The third-order valence-corrected chi connectivity index (χ3v) is 5.27. The predicted octanol–water partition coefficient (Wildman–Crippen LogP) is 6.90. The van der Waals surface area contributed by atoms with E-state index >= 15 is 0 Å². The van der Waals surface area contributed by atoms with Gasteiger partial charge in [0.05, 0.1) is 5.56 Å². The first-order chi connectivity index (χ1) is 13.9. The Morgan fingerprint density at radius 2 is 1.86 bits per heavy atom. The molecular formula is C26H29NO2. The van der Waals surface area contributed by atoms with E-state index in [9.17, 15) is 10.2 Å². The highest BCUT2D eigenvalue weighted by Crippen LogP contribution is 2.48. The fourth-order valence-corrected chi connectivity index (χ4v) is 3.81. The molecule has 29 heavy (non-hydrogen) atoms. The van der Waals surface area contributed by atoms with Crippen molar-refractivity contribution in [3.8, 4) is 33.8 Å². The monoisotopic (exact) mass is 387 g/mol. The number of hydrogen-bond acceptors (Lipinski definition) is 3. The van der Waals surface area contributed by atoms with Crippen molar-refractivity contribution in [3.05, 3.63) is 72.1 Å². The zero-order chi connectivity index (χ0) is 21.0. The lowest BCUT2D eigenvalue weighted by Gasteiger charge is -2.19. The molecule has 1 aromatic heterocycles. The number of pyridine rings is 1. The number of aromatic hydroxyl groups is 2. The smallest absolute Gasteiger partial charge is 0.135 e. The number of phenolic OH excluding ortho intramolecular Hbond substituents is 2. The van der Waals surface area contributed by atoms with Crippen molar-refractivity contribution in [3.63, 3.8) is 0 Å². The molecule has 0 atom stereocenters. The third-order valence-electron chi connectivity index (χ3n) is 5.27. The maximum absolute atomic E-state index is 11.4. The number of nitrogens with zero attached hydrogens (tertiary/aromatic N) is 1. The molecule has 0 aliphatic heterocycles. The molecule has 1 heterocycles. The SMILES string of the molecule is C=C(C)c1ccc(C)cc1-c1c(O)cc(CCCCC)c(-c2cccnc2)c1O. The van der Waals surface area contributed by atoms with Crippen molar-refractivity contribution in [2.24, 2.45) is 0 Å². The molecule has 3 nitrogen and oxygen atoms in total. The van der Waals surface area contributed by atoms with Crippen LogP contribution < -0.4 is 0 Å². The van der Waals surface area contributed by atoms with E-state index < -0.39 is 0 Å². The Balaban J connectivity index is 2.28. The summed E-state index contributed by atoms with van der Waals surface area (Å²) >= 11 is 0. The lowest BCUT2D eigenvalue weighted by molar-refractivity contribution is 0.454. The van der Waals surface area contributed by atoms with E-state index in [4.69, 9.17) is 0 Å². The van der Waals surface area contributed by atoms with Gasteiger partial charge in [0, 0.05) is 23.5 Å². The Morgan fingerprint density at radius 1 is 1.07 bits per heavy atom. The van der Waals surface area contributed by atoms with Crippen LogP contribution in [0.5, 0.6) is 11.5 Å². The van der Waals surface area contributed by atoms with Crippen molar-refractivity contribution < 1.29 is 10.2 Å². The number of phenols is 2. The summed E-state index contributed by atoms with van der Waals surface area (Å²) in [6.07, 6.45) is 7.49. The first-order valence-corrected chi connectivity index (χ1v) is 10.2. The number of rotatable bonds is 7. The Kier molecular flexibility index (Phi) is 6.38. The average molecular weight is 388 g/mol. The van der Waals surface area contributed by atoms with E-state index in [0.717, 1.165) is 64.6 Å².